The third kappa shape index (κ3) is 4.75. The number of hydrogen-bond acceptors (Lipinski definition) is 6. The number of para-hydroxylation sites is 1. The van der Waals surface area contributed by atoms with E-state index >= 15 is 0 Å². The lowest BCUT2D eigenvalue weighted by Crippen LogP contribution is -2.38. The van der Waals surface area contributed by atoms with Gasteiger partial charge in [-0.1, -0.05) is 30.8 Å². The van der Waals surface area contributed by atoms with Gasteiger partial charge in [0.05, 0.1) is 31.2 Å². The second-order valence-electron chi connectivity index (χ2n) is 7.89. The molecular weight excluding hydrogens is 424 g/mol. The van der Waals surface area contributed by atoms with Crippen molar-refractivity contribution >= 4 is 17.7 Å². The lowest BCUT2D eigenvalue weighted by molar-refractivity contribution is -0.129. The van der Waals surface area contributed by atoms with E-state index < -0.39 is 0 Å². The van der Waals surface area contributed by atoms with Crippen LogP contribution in [0, 0.1) is 5.92 Å². The SMILES string of the molecule is COc1ccc(-n2c(SCC(=O)N3CCC(C)CC3)nnc2-c2ccccc2OC)cc1. The number of amides is 1. The Balaban J connectivity index is 1.64. The van der Waals surface area contributed by atoms with Gasteiger partial charge in [-0.05, 0) is 55.2 Å². The van der Waals surface area contributed by atoms with Crippen LogP contribution in [0.2, 0.25) is 0 Å². The summed E-state index contributed by atoms with van der Waals surface area (Å²) in [5, 5.41) is 9.57. The van der Waals surface area contributed by atoms with E-state index in [2.05, 4.69) is 17.1 Å². The largest absolute Gasteiger partial charge is 0.497 e. The minimum Gasteiger partial charge on any atom is -0.497 e. The molecule has 0 aliphatic carbocycles. The third-order valence-electron chi connectivity index (χ3n) is 5.77. The first-order valence-corrected chi connectivity index (χ1v) is 11.7. The van der Waals surface area contributed by atoms with Crippen LogP contribution in [0.5, 0.6) is 11.5 Å². The second kappa shape index (κ2) is 10.1. The molecular formula is C24H28N4O3S. The topological polar surface area (TPSA) is 69.5 Å². The predicted octanol–water partition coefficient (Wildman–Crippen LogP) is 4.30. The van der Waals surface area contributed by atoms with Gasteiger partial charge in [0, 0.05) is 13.1 Å². The molecule has 4 rings (SSSR count). The van der Waals surface area contributed by atoms with E-state index in [0.717, 1.165) is 42.9 Å². The standard InChI is InChI=1S/C24H28N4O3S/c1-17-12-14-27(15-13-17)22(29)16-32-24-26-25-23(20-6-4-5-7-21(20)31-3)28(24)18-8-10-19(30-2)11-9-18/h4-11,17H,12-16H2,1-3H3. The Morgan fingerprint density at radius 3 is 2.44 bits per heavy atom. The second-order valence-corrected chi connectivity index (χ2v) is 8.83. The van der Waals surface area contributed by atoms with Crippen LogP contribution in [0.1, 0.15) is 19.8 Å². The maximum absolute atomic E-state index is 12.8. The van der Waals surface area contributed by atoms with Crippen LogP contribution in [0.3, 0.4) is 0 Å². The molecule has 1 aromatic heterocycles. The summed E-state index contributed by atoms with van der Waals surface area (Å²) in [7, 11) is 3.28. The van der Waals surface area contributed by atoms with E-state index in [1.807, 2.05) is 58.0 Å². The van der Waals surface area contributed by atoms with Crippen molar-refractivity contribution in [2.75, 3.05) is 33.1 Å². The third-order valence-corrected chi connectivity index (χ3v) is 6.69. The van der Waals surface area contributed by atoms with E-state index in [-0.39, 0.29) is 5.91 Å². The zero-order valence-electron chi connectivity index (χ0n) is 18.7. The fourth-order valence-corrected chi connectivity index (χ4v) is 4.66. The monoisotopic (exact) mass is 452 g/mol. The molecule has 1 fully saturated rings. The normalized spacial score (nSPS) is 14.4. The van der Waals surface area contributed by atoms with Gasteiger partial charge in [0.25, 0.3) is 0 Å². The Labute approximate surface area is 192 Å². The van der Waals surface area contributed by atoms with Crippen LogP contribution in [0.25, 0.3) is 17.1 Å². The van der Waals surface area contributed by atoms with E-state index in [1.54, 1.807) is 14.2 Å². The Kier molecular flexibility index (Phi) is 6.99. The molecule has 0 unspecified atom stereocenters. The highest BCUT2D eigenvalue weighted by Gasteiger charge is 2.23. The number of likely N-dealkylation sites (tertiary alicyclic amines) is 1. The minimum absolute atomic E-state index is 0.144. The summed E-state index contributed by atoms with van der Waals surface area (Å²) in [6, 6.07) is 15.4. The van der Waals surface area contributed by atoms with Crippen molar-refractivity contribution in [1.29, 1.82) is 0 Å². The quantitative estimate of drug-likeness (QED) is 0.498. The average Bonchev–Trinajstić information content (AvgIpc) is 3.26. The Morgan fingerprint density at radius 1 is 1.03 bits per heavy atom. The van der Waals surface area contributed by atoms with Gasteiger partial charge in [0.2, 0.25) is 5.91 Å². The maximum Gasteiger partial charge on any atom is 0.233 e. The molecule has 0 N–H and O–H groups in total. The van der Waals surface area contributed by atoms with Gasteiger partial charge in [-0.3, -0.25) is 9.36 Å². The van der Waals surface area contributed by atoms with E-state index in [9.17, 15) is 4.79 Å². The molecule has 0 saturated carbocycles. The first-order valence-electron chi connectivity index (χ1n) is 10.7. The summed E-state index contributed by atoms with van der Waals surface area (Å²) in [4.78, 5) is 14.8. The predicted molar refractivity (Wildman–Crippen MR) is 126 cm³/mol. The van der Waals surface area contributed by atoms with Crippen molar-refractivity contribution in [2.45, 2.75) is 24.9 Å². The summed E-state index contributed by atoms with van der Waals surface area (Å²) >= 11 is 1.41. The number of carbonyl (C=O) groups is 1. The molecule has 7 nitrogen and oxygen atoms in total. The number of aromatic nitrogens is 3. The fourth-order valence-electron chi connectivity index (χ4n) is 3.81. The molecule has 0 bridgehead atoms. The molecule has 2 heterocycles. The van der Waals surface area contributed by atoms with Gasteiger partial charge < -0.3 is 14.4 Å². The van der Waals surface area contributed by atoms with E-state index in [1.165, 1.54) is 11.8 Å². The van der Waals surface area contributed by atoms with Crippen LogP contribution < -0.4 is 9.47 Å². The number of ether oxygens (including phenoxy) is 2. The first kappa shape index (κ1) is 22.2. The van der Waals surface area contributed by atoms with Crippen LogP contribution in [-0.2, 0) is 4.79 Å². The molecule has 8 heteroatoms. The Bertz CT molecular complexity index is 1060. The smallest absolute Gasteiger partial charge is 0.233 e. The molecule has 1 amide bonds. The van der Waals surface area contributed by atoms with Gasteiger partial charge >= 0.3 is 0 Å². The van der Waals surface area contributed by atoms with Crippen LogP contribution in [0.15, 0.2) is 53.7 Å². The summed E-state index contributed by atoms with van der Waals surface area (Å²) in [5.74, 6) is 3.30. The molecule has 0 radical (unpaired) electrons. The molecule has 0 spiro atoms. The van der Waals surface area contributed by atoms with Gasteiger partial charge in [0.1, 0.15) is 11.5 Å². The summed E-state index contributed by atoms with van der Waals surface area (Å²) in [6.45, 7) is 3.91. The summed E-state index contributed by atoms with van der Waals surface area (Å²) in [6.07, 6.45) is 2.13. The number of nitrogens with zero attached hydrogens (tertiary/aromatic N) is 4. The molecule has 3 aromatic rings. The van der Waals surface area contributed by atoms with Crippen molar-refractivity contribution < 1.29 is 14.3 Å². The zero-order valence-corrected chi connectivity index (χ0v) is 19.5. The van der Waals surface area contributed by atoms with Gasteiger partial charge in [-0.2, -0.15) is 0 Å². The molecule has 2 aromatic carbocycles. The van der Waals surface area contributed by atoms with Crippen molar-refractivity contribution in [2.24, 2.45) is 5.92 Å². The highest BCUT2D eigenvalue weighted by Crippen LogP contribution is 2.33. The fraction of sp³-hybridized carbons (Fsp3) is 0.375. The Hall–Kier alpha value is -3.00. The molecule has 1 saturated heterocycles. The molecule has 0 atom stereocenters. The first-order chi connectivity index (χ1) is 15.6. The Morgan fingerprint density at radius 2 is 1.75 bits per heavy atom. The number of carbonyl (C=O) groups excluding carboxylic acids is 1. The molecule has 32 heavy (non-hydrogen) atoms. The number of benzene rings is 2. The van der Waals surface area contributed by atoms with Crippen LogP contribution in [0.4, 0.5) is 0 Å². The lowest BCUT2D eigenvalue weighted by atomic mass is 9.99. The lowest BCUT2D eigenvalue weighted by Gasteiger charge is -2.30. The molecule has 1 aliphatic heterocycles. The van der Waals surface area contributed by atoms with Crippen molar-refractivity contribution in [3.63, 3.8) is 0 Å². The summed E-state index contributed by atoms with van der Waals surface area (Å²) in [5.41, 5.74) is 1.72. The van der Waals surface area contributed by atoms with Crippen LogP contribution in [-0.4, -0.2) is 58.6 Å². The van der Waals surface area contributed by atoms with Crippen molar-refractivity contribution in [3.05, 3.63) is 48.5 Å². The number of thioether (sulfide) groups is 1. The number of piperidine rings is 1. The number of methoxy groups -OCH3 is 2. The number of hydrogen-bond donors (Lipinski definition) is 0. The van der Waals surface area contributed by atoms with Crippen LogP contribution >= 0.6 is 11.8 Å². The highest BCUT2D eigenvalue weighted by molar-refractivity contribution is 7.99. The van der Waals surface area contributed by atoms with Gasteiger partial charge in [-0.25, -0.2) is 0 Å². The minimum atomic E-state index is 0.144. The molecule has 168 valence electrons. The zero-order chi connectivity index (χ0) is 22.5. The summed E-state index contributed by atoms with van der Waals surface area (Å²) < 4.78 is 12.8. The van der Waals surface area contributed by atoms with Crippen molar-refractivity contribution in [1.82, 2.24) is 19.7 Å². The van der Waals surface area contributed by atoms with E-state index in [4.69, 9.17) is 9.47 Å². The maximum atomic E-state index is 12.8. The molecule has 1 aliphatic rings. The van der Waals surface area contributed by atoms with E-state index in [0.29, 0.717) is 28.4 Å². The van der Waals surface area contributed by atoms with Gasteiger partial charge in [0.15, 0.2) is 11.0 Å². The van der Waals surface area contributed by atoms with Crippen molar-refractivity contribution in [3.8, 4) is 28.6 Å². The highest BCUT2D eigenvalue weighted by atomic mass is 32.2. The average molecular weight is 453 g/mol. The van der Waals surface area contributed by atoms with Gasteiger partial charge in [-0.15, -0.1) is 10.2 Å². The number of rotatable bonds is 7.